The van der Waals surface area contributed by atoms with Gasteiger partial charge in [-0.1, -0.05) is 32.1 Å². The topological polar surface area (TPSA) is 115 Å². The molecule has 0 radical (unpaired) electrons. The van der Waals surface area contributed by atoms with Crippen LogP contribution in [0, 0.1) is 11.8 Å². The summed E-state index contributed by atoms with van der Waals surface area (Å²) < 4.78 is 0. The Morgan fingerprint density at radius 3 is 2.62 bits per heavy atom. The molecule has 1 amide bonds. The summed E-state index contributed by atoms with van der Waals surface area (Å²) >= 11 is 0. The van der Waals surface area contributed by atoms with Crippen LogP contribution in [0.4, 0.5) is 0 Å². The number of carbonyl (C=O) groups excluding carboxylic acids is 1. The van der Waals surface area contributed by atoms with Gasteiger partial charge in [0.15, 0.2) is 0 Å². The highest BCUT2D eigenvalue weighted by Crippen LogP contribution is 2.37. The zero-order valence-electron chi connectivity index (χ0n) is 15.4. The maximum atomic E-state index is 12.6. The number of hydrogen-bond acceptors (Lipinski definition) is 5. The van der Waals surface area contributed by atoms with Crippen LogP contribution in [0.1, 0.15) is 63.5 Å². The van der Waals surface area contributed by atoms with Crippen molar-refractivity contribution in [2.75, 3.05) is 0 Å². The molecule has 2 aliphatic carbocycles. The quantitative estimate of drug-likeness (QED) is 0.301. The number of nitrogens with zero attached hydrogens (tertiary/aromatic N) is 2. The molecule has 7 heteroatoms. The fourth-order valence-corrected chi connectivity index (χ4v) is 4.10. The molecule has 1 aromatic rings. The summed E-state index contributed by atoms with van der Waals surface area (Å²) in [6.45, 7) is 0. The Bertz CT molecular complexity index is 555. The maximum Gasteiger partial charge on any atom is 0.237 e. The lowest BCUT2D eigenvalue weighted by atomic mass is 9.82. The van der Waals surface area contributed by atoms with Gasteiger partial charge < -0.3 is 15.2 Å². The van der Waals surface area contributed by atoms with Gasteiger partial charge in [0.2, 0.25) is 5.91 Å². The van der Waals surface area contributed by atoms with E-state index in [1.807, 2.05) is 0 Å². The molecule has 0 bridgehead atoms. The average Bonchev–Trinajstić information content (AvgIpc) is 3.39. The molecule has 5 N–H and O–H groups in total. The van der Waals surface area contributed by atoms with E-state index in [1.54, 1.807) is 12.5 Å². The van der Waals surface area contributed by atoms with Gasteiger partial charge in [-0.05, 0) is 37.5 Å². The first-order valence-electron chi connectivity index (χ1n) is 9.96. The highest BCUT2D eigenvalue weighted by atomic mass is 16.3. The van der Waals surface area contributed by atoms with Crippen molar-refractivity contribution in [3.8, 4) is 0 Å². The minimum Gasteiger partial charge on any atom is -0.390 e. The third-order valence-corrected chi connectivity index (χ3v) is 5.96. The van der Waals surface area contributed by atoms with E-state index in [1.165, 1.54) is 24.3 Å². The number of rotatable bonds is 9. The molecule has 3 atom stereocenters. The number of H-pyrrole nitrogens is 1. The highest BCUT2D eigenvalue weighted by Gasteiger charge is 2.41. The molecular formula is C19H32N4O3. The Balaban J connectivity index is 1.62. The molecule has 2 saturated carbocycles. The van der Waals surface area contributed by atoms with Crippen LogP contribution in [-0.2, 0) is 11.2 Å². The van der Waals surface area contributed by atoms with E-state index in [2.05, 4.69) is 9.97 Å². The number of nitrogens with one attached hydrogen (secondary N) is 1. The number of aryl methyl sites for hydroxylation is 1. The first-order chi connectivity index (χ1) is 12.6. The normalized spacial score (nSPS) is 22.0. The zero-order valence-corrected chi connectivity index (χ0v) is 15.4. The predicted octanol–water partition coefficient (Wildman–Crippen LogP) is 1.52. The van der Waals surface area contributed by atoms with Gasteiger partial charge >= 0.3 is 0 Å². The molecule has 26 heavy (non-hydrogen) atoms. The van der Waals surface area contributed by atoms with Crippen molar-refractivity contribution in [3.05, 3.63) is 18.2 Å². The fraction of sp³-hybridized carbons (Fsp3) is 0.789. The van der Waals surface area contributed by atoms with Crippen molar-refractivity contribution in [2.24, 2.45) is 17.7 Å². The van der Waals surface area contributed by atoms with Crippen molar-refractivity contribution in [2.45, 2.75) is 82.5 Å². The minimum atomic E-state index is -0.981. The average molecular weight is 364 g/mol. The molecule has 0 aliphatic heterocycles. The summed E-state index contributed by atoms with van der Waals surface area (Å²) in [5.41, 5.74) is 0.883. The molecule has 2 fully saturated rings. The number of aliphatic hydroxyl groups excluding tert-OH is 2. The van der Waals surface area contributed by atoms with E-state index in [4.69, 9.17) is 5.84 Å². The molecule has 0 unspecified atom stereocenters. The smallest absolute Gasteiger partial charge is 0.237 e. The largest absolute Gasteiger partial charge is 0.390 e. The second-order valence-electron chi connectivity index (χ2n) is 8.00. The number of aliphatic hydroxyl groups is 2. The number of hydrogen-bond donors (Lipinski definition) is 4. The van der Waals surface area contributed by atoms with Crippen molar-refractivity contribution in [1.29, 1.82) is 0 Å². The van der Waals surface area contributed by atoms with Crippen LogP contribution < -0.4 is 5.84 Å². The molecule has 2 aliphatic rings. The summed E-state index contributed by atoms with van der Waals surface area (Å²) in [6.07, 6.45) is 10.7. The van der Waals surface area contributed by atoms with Crippen LogP contribution in [0.25, 0.3) is 0 Å². The van der Waals surface area contributed by atoms with Gasteiger partial charge in [0, 0.05) is 18.3 Å². The third-order valence-electron chi connectivity index (χ3n) is 5.96. The molecule has 0 spiro atoms. The van der Waals surface area contributed by atoms with E-state index in [0.29, 0.717) is 18.8 Å². The monoisotopic (exact) mass is 364 g/mol. The predicted molar refractivity (Wildman–Crippen MR) is 97.7 cm³/mol. The van der Waals surface area contributed by atoms with E-state index in [9.17, 15) is 15.0 Å². The van der Waals surface area contributed by atoms with Gasteiger partial charge in [-0.25, -0.2) is 10.8 Å². The fourth-order valence-electron chi connectivity index (χ4n) is 4.10. The second kappa shape index (κ2) is 8.97. The van der Waals surface area contributed by atoms with Gasteiger partial charge in [-0.15, -0.1) is 0 Å². The van der Waals surface area contributed by atoms with E-state index in [0.717, 1.165) is 31.4 Å². The second-order valence-corrected chi connectivity index (χ2v) is 8.00. The SMILES string of the molecule is NN(C(=O)CCc1cnc[nH]1)[C@@H](CC1CCCCC1)[C@@H](O)[C@@H](O)C1CC1. The number of aromatic nitrogens is 2. The summed E-state index contributed by atoms with van der Waals surface area (Å²) in [7, 11) is 0. The summed E-state index contributed by atoms with van der Waals surface area (Å²) in [6, 6.07) is -0.525. The molecular weight excluding hydrogens is 332 g/mol. The summed E-state index contributed by atoms with van der Waals surface area (Å²) in [4.78, 5) is 19.5. The van der Waals surface area contributed by atoms with Gasteiger partial charge in [0.1, 0.15) is 6.10 Å². The Hall–Kier alpha value is -1.44. The van der Waals surface area contributed by atoms with Gasteiger partial charge in [0.25, 0.3) is 0 Å². The lowest BCUT2D eigenvalue weighted by Gasteiger charge is -2.37. The number of hydrazine groups is 1. The van der Waals surface area contributed by atoms with Crippen LogP contribution >= 0.6 is 0 Å². The molecule has 7 nitrogen and oxygen atoms in total. The Labute approximate surface area is 155 Å². The first-order valence-corrected chi connectivity index (χ1v) is 9.96. The van der Waals surface area contributed by atoms with Crippen LogP contribution in [0.3, 0.4) is 0 Å². The van der Waals surface area contributed by atoms with Crippen molar-refractivity contribution in [3.63, 3.8) is 0 Å². The summed E-state index contributed by atoms with van der Waals surface area (Å²) in [5, 5.41) is 22.4. The molecule has 1 heterocycles. The maximum absolute atomic E-state index is 12.6. The van der Waals surface area contributed by atoms with Crippen molar-refractivity contribution >= 4 is 5.91 Å². The molecule has 0 saturated heterocycles. The lowest BCUT2D eigenvalue weighted by molar-refractivity contribution is -0.140. The van der Waals surface area contributed by atoms with E-state index < -0.39 is 18.2 Å². The minimum absolute atomic E-state index is 0.146. The van der Waals surface area contributed by atoms with Gasteiger partial charge in [-0.3, -0.25) is 9.80 Å². The lowest BCUT2D eigenvalue weighted by Crippen LogP contribution is -2.55. The number of aromatic amines is 1. The van der Waals surface area contributed by atoms with Crippen LogP contribution in [-0.4, -0.2) is 49.3 Å². The first kappa shape index (κ1) is 19.3. The van der Waals surface area contributed by atoms with E-state index in [-0.39, 0.29) is 18.2 Å². The number of carbonyl (C=O) groups is 1. The van der Waals surface area contributed by atoms with Crippen molar-refractivity contribution in [1.82, 2.24) is 15.0 Å². The highest BCUT2D eigenvalue weighted by molar-refractivity contribution is 5.76. The van der Waals surface area contributed by atoms with Crippen molar-refractivity contribution < 1.29 is 15.0 Å². The standard InChI is InChI=1S/C19H32N4O3/c20-23(17(24)9-8-15-11-21-12-22-15)16(10-13-4-2-1-3-5-13)19(26)18(25)14-6-7-14/h11-14,16,18-19,25-26H,1-10,20H2,(H,21,22)/t16-,18-,19+/m0/s1. The number of nitrogens with two attached hydrogens (primary N) is 1. The van der Waals surface area contributed by atoms with Gasteiger partial charge in [-0.2, -0.15) is 0 Å². The molecule has 146 valence electrons. The Kier molecular flexibility index (Phi) is 6.67. The van der Waals surface area contributed by atoms with Crippen LogP contribution in [0.15, 0.2) is 12.5 Å². The van der Waals surface area contributed by atoms with Gasteiger partial charge in [0.05, 0.1) is 18.5 Å². The zero-order chi connectivity index (χ0) is 18.5. The van der Waals surface area contributed by atoms with Crippen LogP contribution in [0.2, 0.25) is 0 Å². The Morgan fingerprint density at radius 2 is 2.00 bits per heavy atom. The molecule has 1 aromatic heterocycles. The number of imidazole rings is 1. The van der Waals surface area contributed by atoms with Crippen LogP contribution in [0.5, 0.6) is 0 Å². The molecule has 0 aromatic carbocycles. The Morgan fingerprint density at radius 1 is 1.27 bits per heavy atom. The third kappa shape index (κ3) is 5.05. The number of amides is 1. The summed E-state index contributed by atoms with van der Waals surface area (Å²) in [5.74, 6) is 6.56. The van der Waals surface area contributed by atoms with E-state index >= 15 is 0 Å². The molecule has 3 rings (SSSR count).